The van der Waals surface area contributed by atoms with Crippen LogP contribution in [0.5, 0.6) is 0 Å². The molecule has 2 aromatic heterocycles. The number of aliphatic hydroxyl groups excluding tert-OH is 1. The van der Waals surface area contributed by atoms with E-state index >= 15 is 0 Å². The van der Waals surface area contributed by atoms with E-state index in [2.05, 4.69) is 9.97 Å². The fourth-order valence-corrected chi connectivity index (χ4v) is 2.99. The Bertz CT molecular complexity index is 689. The number of nitrogens with zero attached hydrogens (tertiary/aromatic N) is 3. The number of aliphatic hydroxyl groups is 1. The molecule has 2 heterocycles. The second kappa shape index (κ2) is 5.11. The summed E-state index contributed by atoms with van der Waals surface area (Å²) in [5.74, 6) is 0. The highest BCUT2D eigenvalue weighted by molar-refractivity contribution is 7.09. The number of thiazole rings is 1. The Morgan fingerprint density at radius 3 is 3.00 bits per heavy atom. The molecule has 0 bridgehead atoms. The Hall–Kier alpha value is -1.72. The Morgan fingerprint density at radius 1 is 1.37 bits per heavy atom. The average Bonchev–Trinajstić information content (AvgIpc) is 2.97. The fourth-order valence-electron chi connectivity index (χ4n) is 2.15. The van der Waals surface area contributed by atoms with Crippen LogP contribution in [0.3, 0.4) is 0 Å². The van der Waals surface area contributed by atoms with Gasteiger partial charge in [-0.15, -0.1) is 11.3 Å². The summed E-state index contributed by atoms with van der Waals surface area (Å²) in [4.78, 5) is 8.70. The number of imidazole rings is 1. The topological polar surface area (TPSA) is 50.9 Å². The summed E-state index contributed by atoms with van der Waals surface area (Å²) in [6.07, 6.45) is 1.93. The van der Waals surface area contributed by atoms with E-state index in [0.29, 0.717) is 13.0 Å². The zero-order chi connectivity index (χ0) is 13.2. The molecule has 3 aromatic rings. The first-order chi connectivity index (χ1) is 9.22. The highest BCUT2D eigenvalue weighted by Gasteiger charge is 2.11. The molecule has 0 amide bonds. The number of para-hydroxylation sites is 2. The summed E-state index contributed by atoms with van der Waals surface area (Å²) in [5.41, 5.74) is 3.02. The number of benzene rings is 1. The van der Waals surface area contributed by atoms with Crippen molar-refractivity contribution in [2.45, 2.75) is 26.0 Å². The molecular weight excluding hydrogens is 258 g/mol. The highest BCUT2D eigenvalue weighted by Crippen LogP contribution is 2.15. The SMILES string of the molecule is Cc1csc(CC(O)Cn2cnc3ccccc32)n1. The number of fused-ring (bicyclic) bond motifs is 1. The van der Waals surface area contributed by atoms with Crippen LogP contribution in [0, 0.1) is 6.92 Å². The van der Waals surface area contributed by atoms with Crippen molar-refractivity contribution in [3.63, 3.8) is 0 Å². The summed E-state index contributed by atoms with van der Waals surface area (Å²) in [6, 6.07) is 7.94. The van der Waals surface area contributed by atoms with Crippen molar-refractivity contribution in [3.8, 4) is 0 Å². The van der Waals surface area contributed by atoms with Gasteiger partial charge < -0.3 is 9.67 Å². The van der Waals surface area contributed by atoms with Gasteiger partial charge in [0, 0.05) is 17.5 Å². The molecule has 5 heteroatoms. The second-order valence-corrected chi connectivity index (χ2v) is 5.57. The summed E-state index contributed by atoms with van der Waals surface area (Å²) in [6.45, 7) is 2.51. The maximum atomic E-state index is 10.2. The molecule has 4 nitrogen and oxygen atoms in total. The van der Waals surface area contributed by atoms with Crippen LogP contribution in [0.1, 0.15) is 10.7 Å². The van der Waals surface area contributed by atoms with E-state index in [9.17, 15) is 5.11 Å². The van der Waals surface area contributed by atoms with Gasteiger partial charge in [-0.2, -0.15) is 0 Å². The molecule has 1 unspecified atom stereocenters. The van der Waals surface area contributed by atoms with Crippen molar-refractivity contribution in [3.05, 3.63) is 46.7 Å². The zero-order valence-corrected chi connectivity index (χ0v) is 11.5. The van der Waals surface area contributed by atoms with E-state index in [1.807, 2.05) is 41.1 Å². The van der Waals surface area contributed by atoms with E-state index < -0.39 is 6.10 Å². The highest BCUT2D eigenvalue weighted by atomic mass is 32.1. The monoisotopic (exact) mass is 273 g/mol. The second-order valence-electron chi connectivity index (χ2n) is 4.63. The van der Waals surface area contributed by atoms with Gasteiger partial charge in [-0.3, -0.25) is 0 Å². The van der Waals surface area contributed by atoms with Crippen molar-refractivity contribution in [1.29, 1.82) is 0 Å². The van der Waals surface area contributed by atoms with Gasteiger partial charge in [0.15, 0.2) is 0 Å². The average molecular weight is 273 g/mol. The molecule has 1 N–H and O–H groups in total. The molecule has 0 aliphatic carbocycles. The van der Waals surface area contributed by atoms with Gasteiger partial charge in [-0.1, -0.05) is 12.1 Å². The number of aromatic nitrogens is 3. The number of hydrogen-bond acceptors (Lipinski definition) is 4. The predicted octanol–water partition coefficient (Wildman–Crippen LogP) is 2.40. The van der Waals surface area contributed by atoms with Crippen molar-refractivity contribution < 1.29 is 5.11 Å². The molecule has 1 aromatic carbocycles. The minimum atomic E-state index is -0.442. The van der Waals surface area contributed by atoms with Crippen LogP contribution in [-0.2, 0) is 13.0 Å². The molecular formula is C14H15N3OS. The Morgan fingerprint density at radius 2 is 2.21 bits per heavy atom. The number of rotatable bonds is 4. The minimum Gasteiger partial charge on any atom is -0.391 e. The van der Waals surface area contributed by atoms with Crippen LogP contribution in [0.15, 0.2) is 36.0 Å². The van der Waals surface area contributed by atoms with E-state index in [-0.39, 0.29) is 0 Å². The van der Waals surface area contributed by atoms with E-state index in [1.54, 1.807) is 17.7 Å². The van der Waals surface area contributed by atoms with E-state index in [4.69, 9.17) is 0 Å². The Labute approximate surface area is 115 Å². The van der Waals surface area contributed by atoms with Gasteiger partial charge in [0.25, 0.3) is 0 Å². The van der Waals surface area contributed by atoms with Crippen molar-refractivity contribution in [2.75, 3.05) is 0 Å². The normalized spacial score (nSPS) is 12.9. The molecule has 0 radical (unpaired) electrons. The van der Waals surface area contributed by atoms with Crippen LogP contribution in [0.4, 0.5) is 0 Å². The van der Waals surface area contributed by atoms with Crippen LogP contribution in [0.25, 0.3) is 11.0 Å². The third kappa shape index (κ3) is 2.67. The first-order valence-corrected chi connectivity index (χ1v) is 7.09. The molecule has 0 aliphatic rings. The van der Waals surface area contributed by atoms with Gasteiger partial charge in [-0.25, -0.2) is 9.97 Å². The summed E-state index contributed by atoms with van der Waals surface area (Å²) in [5, 5.41) is 13.2. The number of aryl methyl sites for hydroxylation is 1. The van der Waals surface area contributed by atoms with Crippen LogP contribution in [-0.4, -0.2) is 25.7 Å². The molecule has 19 heavy (non-hydrogen) atoms. The van der Waals surface area contributed by atoms with Crippen molar-refractivity contribution >= 4 is 22.4 Å². The largest absolute Gasteiger partial charge is 0.391 e. The lowest BCUT2D eigenvalue weighted by atomic mass is 10.2. The molecule has 0 aliphatic heterocycles. The fraction of sp³-hybridized carbons (Fsp3) is 0.286. The first kappa shape index (κ1) is 12.3. The van der Waals surface area contributed by atoms with Gasteiger partial charge in [0.05, 0.1) is 35.0 Å². The molecule has 1 atom stereocenters. The minimum absolute atomic E-state index is 0.442. The van der Waals surface area contributed by atoms with E-state index in [0.717, 1.165) is 21.7 Å². The quantitative estimate of drug-likeness (QED) is 0.794. The molecule has 0 saturated carbocycles. The molecule has 0 fully saturated rings. The molecule has 3 rings (SSSR count). The standard InChI is InChI=1S/C14H15N3OS/c1-10-8-19-14(16-10)6-11(18)7-17-9-15-12-4-2-3-5-13(12)17/h2-5,8-9,11,18H,6-7H2,1H3. The number of hydrogen-bond donors (Lipinski definition) is 1. The van der Waals surface area contributed by atoms with Gasteiger partial charge >= 0.3 is 0 Å². The third-order valence-electron chi connectivity index (χ3n) is 3.01. The van der Waals surface area contributed by atoms with Crippen molar-refractivity contribution in [2.24, 2.45) is 0 Å². The summed E-state index contributed by atoms with van der Waals surface area (Å²) >= 11 is 1.60. The van der Waals surface area contributed by atoms with E-state index in [1.165, 1.54) is 0 Å². The van der Waals surface area contributed by atoms with Crippen LogP contribution >= 0.6 is 11.3 Å². The van der Waals surface area contributed by atoms with Gasteiger partial charge in [0.2, 0.25) is 0 Å². The smallest absolute Gasteiger partial charge is 0.0959 e. The van der Waals surface area contributed by atoms with Crippen LogP contribution in [0.2, 0.25) is 0 Å². The lowest BCUT2D eigenvalue weighted by Crippen LogP contribution is -2.18. The first-order valence-electron chi connectivity index (χ1n) is 6.21. The van der Waals surface area contributed by atoms with Gasteiger partial charge in [0.1, 0.15) is 0 Å². The van der Waals surface area contributed by atoms with Crippen LogP contribution < -0.4 is 0 Å². The maximum Gasteiger partial charge on any atom is 0.0959 e. The Kier molecular flexibility index (Phi) is 3.31. The summed E-state index contributed by atoms with van der Waals surface area (Å²) in [7, 11) is 0. The predicted molar refractivity (Wildman–Crippen MR) is 76.3 cm³/mol. The van der Waals surface area contributed by atoms with Crippen molar-refractivity contribution in [1.82, 2.24) is 14.5 Å². The van der Waals surface area contributed by atoms with Gasteiger partial charge in [-0.05, 0) is 19.1 Å². The summed E-state index contributed by atoms with van der Waals surface area (Å²) < 4.78 is 1.99. The molecule has 0 saturated heterocycles. The zero-order valence-electron chi connectivity index (χ0n) is 10.7. The molecule has 98 valence electrons. The molecule has 0 spiro atoms. The third-order valence-corrected chi connectivity index (χ3v) is 4.00. The lowest BCUT2D eigenvalue weighted by molar-refractivity contribution is 0.155. The lowest BCUT2D eigenvalue weighted by Gasteiger charge is -2.10. The maximum absolute atomic E-state index is 10.2. The Balaban J connectivity index is 1.74.